The van der Waals surface area contributed by atoms with E-state index in [1.807, 2.05) is 48.5 Å². The number of aliphatic hydroxyl groups excluding tert-OH is 1. The van der Waals surface area contributed by atoms with E-state index in [2.05, 4.69) is 12.0 Å². The molecule has 38 heavy (non-hydrogen) atoms. The van der Waals surface area contributed by atoms with Gasteiger partial charge in [-0.3, -0.25) is 14.7 Å². The first-order valence-electron chi connectivity index (χ1n) is 13.7. The molecule has 2 fully saturated rings. The van der Waals surface area contributed by atoms with Gasteiger partial charge in [0.25, 0.3) is 5.56 Å². The topological polar surface area (TPSA) is 87.6 Å². The molecule has 0 saturated carbocycles. The number of nitrogens with zero attached hydrogens (tertiary/aromatic N) is 2. The molecular formula is C29H38FN3O4Si. The van der Waals surface area contributed by atoms with Crippen molar-refractivity contribution < 1.29 is 18.7 Å². The summed E-state index contributed by atoms with van der Waals surface area (Å²) in [6.45, 7) is 6.09. The number of amides is 1. The lowest BCUT2D eigenvalue weighted by Gasteiger charge is -2.30. The van der Waals surface area contributed by atoms with E-state index in [1.54, 1.807) is 22.7 Å². The average Bonchev–Trinajstić information content (AvgIpc) is 3.58. The fraction of sp³-hybridized carbons (Fsp3) is 0.517. The number of nitrogens with one attached hydrogen (secondary N) is 1. The van der Waals surface area contributed by atoms with Crippen molar-refractivity contribution in [2.75, 3.05) is 13.2 Å². The minimum atomic E-state index is -3.10. The summed E-state index contributed by atoms with van der Waals surface area (Å²) in [6.07, 6.45) is 2.71. The summed E-state index contributed by atoms with van der Waals surface area (Å²) in [6, 6.07) is 15.2. The number of aromatic amines is 1. The zero-order valence-electron chi connectivity index (χ0n) is 22.4. The molecule has 0 unspecified atom stereocenters. The van der Waals surface area contributed by atoms with Gasteiger partial charge in [0, 0.05) is 12.1 Å². The number of carbonyl (C=O) groups is 1. The van der Waals surface area contributed by atoms with Gasteiger partial charge in [0.05, 0.1) is 47.9 Å². The first-order chi connectivity index (χ1) is 18.2. The highest BCUT2D eigenvalue weighted by atomic mass is 28.4. The van der Waals surface area contributed by atoms with Gasteiger partial charge in [-0.25, -0.2) is 4.68 Å². The molecule has 5 atom stereocenters. The molecule has 9 heteroatoms. The monoisotopic (exact) mass is 539 g/mol. The van der Waals surface area contributed by atoms with Crippen molar-refractivity contribution in [2.45, 2.75) is 75.9 Å². The van der Waals surface area contributed by atoms with Crippen molar-refractivity contribution in [3.63, 3.8) is 0 Å². The van der Waals surface area contributed by atoms with Gasteiger partial charge in [-0.1, -0.05) is 31.2 Å². The number of carbonyl (C=O) groups excluding carboxylic acids is 1. The number of aryl methyl sites for hydroxylation is 1. The maximum Gasteiger partial charge on any atom is 0.279 e. The van der Waals surface area contributed by atoms with Crippen LogP contribution in [0.25, 0.3) is 16.6 Å². The highest BCUT2D eigenvalue weighted by Crippen LogP contribution is 2.47. The SMILES string of the molecule is C[C@H]1[C@H]([Si](C)(C)F)[C@@H](CC(=O)N2CCC[C@H]2CO)O[C@H]1CCc1cccc(-n2[nH]c3ccccc3c2=O)c1. The number of fused-ring (bicyclic) bond motifs is 1. The lowest BCUT2D eigenvalue weighted by Crippen LogP contribution is -2.42. The molecule has 0 radical (unpaired) electrons. The van der Waals surface area contributed by atoms with Crippen LogP contribution in [-0.4, -0.2) is 65.5 Å². The molecule has 2 N–H and O–H groups in total. The maximum atomic E-state index is 15.5. The van der Waals surface area contributed by atoms with E-state index in [1.165, 1.54) is 0 Å². The number of ether oxygens (including phenoxy) is 1. The van der Waals surface area contributed by atoms with Crippen LogP contribution in [0.15, 0.2) is 53.3 Å². The Kier molecular flexibility index (Phi) is 7.62. The predicted octanol–water partition coefficient (Wildman–Crippen LogP) is 4.57. The third-order valence-electron chi connectivity index (χ3n) is 8.46. The smallest absolute Gasteiger partial charge is 0.279 e. The summed E-state index contributed by atoms with van der Waals surface area (Å²) in [5, 5.41) is 13.5. The summed E-state index contributed by atoms with van der Waals surface area (Å²) in [5.41, 5.74) is 2.28. The Bertz CT molecular complexity index is 1350. The second kappa shape index (κ2) is 10.8. The van der Waals surface area contributed by atoms with Gasteiger partial charge in [0.1, 0.15) is 0 Å². The van der Waals surface area contributed by atoms with Gasteiger partial charge in [0.15, 0.2) is 0 Å². The highest BCUT2D eigenvalue weighted by molar-refractivity contribution is 6.72. The number of benzene rings is 2. The number of aromatic nitrogens is 2. The van der Waals surface area contributed by atoms with Gasteiger partial charge in [-0.15, -0.1) is 0 Å². The number of rotatable bonds is 8. The molecule has 7 nitrogen and oxygen atoms in total. The van der Waals surface area contributed by atoms with E-state index in [4.69, 9.17) is 4.74 Å². The van der Waals surface area contributed by atoms with Crippen LogP contribution in [0.1, 0.15) is 38.2 Å². The summed E-state index contributed by atoms with van der Waals surface area (Å²) in [5.74, 6) is -0.0367. The molecular weight excluding hydrogens is 501 g/mol. The van der Waals surface area contributed by atoms with Crippen molar-refractivity contribution in [3.05, 3.63) is 64.4 Å². The van der Waals surface area contributed by atoms with Crippen LogP contribution in [0.2, 0.25) is 18.6 Å². The number of H-pyrrole nitrogens is 1. The van der Waals surface area contributed by atoms with E-state index in [9.17, 15) is 14.7 Å². The van der Waals surface area contributed by atoms with E-state index in [0.29, 0.717) is 18.4 Å². The molecule has 204 valence electrons. The zero-order valence-corrected chi connectivity index (χ0v) is 23.4. The minimum absolute atomic E-state index is 0.00573. The van der Waals surface area contributed by atoms with E-state index in [0.717, 1.165) is 36.0 Å². The normalized spacial score (nSPS) is 25.9. The highest BCUT2D eigenvalue weighted by Gasteiger charge is 2.52. The number of hydrogen-bond acceptors (Lipinski definition) is 4. The van der Waals surface area contributed by atoms with Gasteiger partial charge < -0.3 is 18.9 Å². The van der Waals surface area contributed by atoms with Crippen LogP contribution >= 0.6 is 0 Å². The third-order valence-corrected chi connectivity index (χ3v) is 10.9. The maximum absolute atomic E-state index is 15.5. The fourth-order valence-corrected chi connectivity index (χ4v) is 9.17. The fourth-order valence-electron chi connectivity index (χ4n) is 6.62. The Hall–Kier alpha value is -2.75. The number of aliphatic hydroxyl groups is 1. The summed E-state index contributed by atoms with van der Waals surface area (Å²) in [7, 11) is -3.10. The molecule has 0 spiro atoms. The first-order valence-corrected chi connectivity index (χ1v) is 16.7. The lowest BCUT2D eigenvalue weighted by molar-refractivity contribution is -0.135. The van der Waals surface area contributed by atoms with Crippen molar-refractivity contribution in [1.29, 1.82) is 0 Å². The number of para-hydroxylation sites is 1. The Morgan fingerprint density at radius 2 is 1.97 bits per heavy atom. The molecule has 1 amide bonds. The Balaban J connectivity index is 1.29. The molecule has 0 bridgehead atoms. The van der Waals surface area contributed by atoms with Crippen LogP contribution in [0.3, 0.4) is 0 Å². The van der Waals surface area contributed by atoms with Gasteiger partial charge in [-0.05, 0) is 74.5 Å². The van der Waals surface area contributed by atoms with E-state index >= 15 is 4.11 Å². The van der Waals surface area contributed by atoms with Gasteiger partial charge in [-0.2, -0.15) is 0 Å². The quantitative estimate of drug-likeness (QED) is 0.324. The second-order valence-corrected chi connectivity index (χ2v) is 15.2. The number of likely N-dealkylation sites (tertiary alicyclic amines) is 1. The standard InChI is InChI=1S/C29H38FN3O4Si/c1-19-25(37-26(28(19)38(2,3)30)17-27(35)32-15-7-10-22(32)18-34)14-13-20-8-6-9-21(16-20)33-29(36)23-11-4-5-12-24(23)31-33/h4-6,8-9,11-12,16,19,22,25-26,28,31,34H,7,10,13-15,17-18H2,1-3H3/t19-,22+,25+,26-,28+/m1/s1. The molecule has 1 aromatic heterocycles. The molecule has 2 aliphatic heterocycles. The molecule has 5 rings (SSSR count). The minimum Gasteiger partial charge on any atom is -0.394 e. The molecule has 2 aliphatic rings. The number of hydrogen-bond donors (Lipinski definition) is 2. The molecule has 2 aromatic carbocycles. The predicted molar refractivity (Wildman–Crippen MR) is 149 cm³/mol. The summed E-state index contributed by atoms with van der Waals surface area (Å²) < 4.78 is 23.5. The van der Waals surface area contributed by atoms with Crippen LogP contribution in [0.4, 0.5) is 4.11 Å². The Labute approximate surface area is 223 Å². The second-order valence-electron chi connectivity index (χ2n) is 11.4. The molecule has 3 heterocycles. The molecule has 2 saturated heterocycles. The Morgan fingerprint density at radius 3 is 2.71 bits per heavy atom. The van der Waals surface area contributed by atoms with Crippen molar-refractivity contribution in [3.8, 4) is 5.69 Å². The molecule has 3 aromatic rings. The molecule has 0 aliphatic carbocycles. The van der Waals surface area contributed by atoms with Crippen LogP contribution in [0, 0.1) is 5.92 Å². The van der Waals surface area contributed by atoms with Crippen LogP contribution in [0.5, 0.6) is 0 Å². The zero-order chi connectivity index (χ0) is 27.0. The van der Waals surface area contributed by atoms with Crippen molar-refractivity contribution >= 4 is 25.2 Å². The summed E-state index contributed by atoms with van der Waals surface area (Å²) >= 11 is 0. The van der Waals surface area contributed by atoms with Crippen LogP contribution in [-0.2, 0) is 16.0 Å². The third kappa shape index (κ3) is 5.24. The van der Waals surface area contributed by atoms with Gasteiger partial charge >= 0.3 is 0 Å². The average molecular weight is 540 g/mol. The number of halogens is 1. The van der Waals surface area contributed by atoms with Gasteiger partial charge in [0.2, 0.25) is 14.3 Å². The van der Waals surface area contributed by atoms with Crippen LogP contribution < -0.4 is 5.56 Å². The van der Waals surface area contributed by atoms with Crippen molar-refractivity contribution in [2.24, 2.45) is 5.92 Å². The van der Waals surface area contributed by atoms with E-state index < -0.39 is 14.5 Å². The summed E-state index contributed by atoms with van der Waals surface area (Å²) in [4.78, 5) is 27.7. The van der Waals surface area contributed by atoms with E-state index in [-0.39, 0.29) is 48.1 Å². The Morgan fingerprint density at radius 1 is 1.18 bits per heavy atom. The largest absolute Gasteiger partial charge is 0.394 e. The lowest BCUT2D eigenvalue weighted by atomic mass is 9.95. The first kappa shape index (κ1) is 26.8. The van der Waals surface area contributed by atoms with Crippen molar-refractivity contribution in [1.82, 2.24) is 14.7 Å².